The number of rotatable bonds is 7. The van der Waals surface area contributed by atoms with E-state index in [0.717, 1.165) is 34.3 Å². The number of imidazole rings is 1. The Morgan fingerprint density at radius 2 is 1.70 bits per heavy atom. The number of hydrogen-bond donors (Lipinski definition) is 0. The third-order valence-corrected chi connectivity index (χ3v) is 10.8. The summed E-state index contributed by atoms with van der Waals surface area (Å²) >= 11 is 0. The number of aryl methyl sites for hydroxylation is 1. The molecule has 0 aliphatic rings. The van der Waals surface area contributed by atoms with Crippen LogP contribution in [0.15, 0.2) is 47.3 Å². The van der Waals surface area contributed by atoms with Crippen LogP contribution in [0.2, 0.25) is 18.1 Å². The van der Waals surface area contributed by atoms with E-state index in [9.17, 15) is 9.59 Å². The molecule has 0 unspecified atom stereocenters. The van der Waals surface area contributed by atoms with Crippen LogP contribution >= 0.6 is 0 Å². The molecule has 0 bridgehead atoms. The summed E-state index contributed by atoms with van der Waals surface area (Å²) < 4.78 is 14.5. The predicted molar refractivity (Wildman–Crippen MR) is 136 cm³/mol. The highest BCUT2D eigenvalue weighted by Gasteiger charge is 2.39. The second-order valence-electron chi connectivity index (χ2n) is 9.95. The molecule has 0 aliphatic heterocycles. The van der Waals surface area contributed by atoms with Gasteiger partial charge < -0.3 is 9.16 Å². The fourth-order valence-corrected chi connectivity index (χ4v) is 4.69. The Kier molecular flexibility index (Phi) is 7.22. The van der Waals surface area contributed by atoms with Crippen molar-refractivity contribution in [3.8, 4) is 5.75 Å². The lowest BCUT2D eigenvalue weighted by Crippen LogP contribution is -2.44. The van der Waals surface area contributed by atoms with Crippen molar-refractivity contribution in [2.45, 2.75) is 72.1 Å². The van der Waals surface area contributed by atoms with E-state index in [2.05, 4.69) is 46.9 Å². The number of nitrogens with zero attached hydrogens (tertiary/aromatic N) is 2. The summed E-state index contributed by atoms with van der Waals surface area (Å²) in [6, 6.07) is 13.5. The Labute approximate surface area is 197 Å². The number of aromatic nitrogens is 2. The van der Waals surface area contributed by atoms with Crippen LogP contribution in [0.3, 0.4) is 0 Å². The molecule has 0 aliphatic carbocycles. The summed E-state index contributed by atoms with van der Waals surface area (Å²) in [5.41, 5.74) is 3.01. The monoisotopic (exact) mass is 468 g/mol. The van der Waals surface area contributed by atoms with Gasteiger partial charge in [-0.2, -0.15) is 4.57 Å². The average Bonchev–Trinajstić information content (AvgIpc) is 3.01. The Bertz CT molecular complexity index is 1200. The first kappa shape index (κ1) is 24.8. The molecule has 0 atom stereocenters. The van der Waals surface area contributed by atoms with Gasteiger partial charge in [-0.15, -0.1) is 0 Å². The highest BCUT2D eigenvalue weighted by molar-refractivity contribution is 6.74. The van der Waals surface area contributed by atoms with E-state index in [1.165, 1.54) is 0 Å². The average molecular weight is 469 g/mol. The summed E-state index contributed by atoms with van der Waals surface area (Å²) in [5, 5.41) is 0.109. The zero-order chi connectivity index (χ0) is 24.4. The first-order valence-corrected chi connectivity index (χ1v) is 14.6. The standard InChI is InChI=1S/C26H36N2O4Si/c1-8-12-20-17-19(15-16-23(20)32-33(6,7)26(3,4)5)18-27-21-13-10-11-14-22(21)28(24(27)29)25(30)31-9-2/h10-11,13-17H,8-9,12,18H2,1-7H3. The molecule has 0 spiro atoms. The molecular weight excluding hydrogens is 432 g/mol. The molecule has 0 amide bonds. The molecule has 7 heteroatoms. The zero-order valence-corrected chi connectivity index (χ0v) is 21.9. The summed E-state index contributed by atoms with van der Waals surface area (Å²) in [6.07, 6.45) is 1.25. The molecular formula is C26H36N2O4Si. The number of benzene rings is 2. The Morgan fingerprint density at radius 1 is 1.03 bits per heavy atom. The van der Waals surface area contributed by atoms with Crippen LogP contribution in [-0.4, -0.2) is 30.2 Å². The van der Waals surface area contributed by atoms with E-state index in [1.54, 1.807) is 17.6 Å². The van der Waals surface area contributed by atoms with Gasteiger partial charge in [0.2, 0.25) is 8.32 Å². The Balaban J connectivity index is 2.02. The van der Waals surface area contributed by atoms with Gasteiger partial charge in [0.25, 0.3) is 0 Å². The van der Waals surface area contributed by atoms with Crippen LogP contribution in [0.1, 0.15) is 52.2 Å². The predicted octanol–water partition coefficient (Wildman–Crippen LogP) is 6.19. The van der Waals surface area contributed by atoms with Crippen molar-refractivity contribution < 1.29 is 14.0 Å². The van der Waals surface area contributed by atoms with Crippen LogP contribution in [-0.2, 0) is 17.7 Å². The van der Waals surface area contributed by atoms with E-state index in [0.29, 0.717) is 17.6 Å². The fraction of sp³-hybridized carbons (Fsp3) is 0.462. The van der Waals surface area contributed by atoms with Crippen molar-refractivity contribution in [1.82, 2.24) is 9.13 Å². The van der Waals surface area contributed by atoms with Gasteiger partial charge in [-0.25, -0.2) is 9.59 Å². The Morgan fingerprint density at radius 3 is 2.30 bits per heavy atom. The number of hydrogen-bond acceptors (Lipinski definition) is 4. The summed E-state index contributed by atoms with van der Waals surface area (Å²) in [7, 11) is -1.97. The first-order valence-electron chi connectivity index (χ1n) is 11.7. The summed E-state index contributed by atoms with van der Waals surface area (Å²) in [5.74, 6) is 0.938. The van der Waals surface area contributed by atoms with Crippen molar-refractivity contribution in [3.63, 3.8) is 0 Å². The SMILES string of the molecule is CCCc1cc(Cn2c(=O)n(C(=O)OCC)c3ccccc32)ccc1O[Si](C)(C)C(C)(C)C. The van der Waals surface area contributed by atoms with Crippen molar-refractivity contribution in [3.05, 3.63) is 64.1 Å². The lowest BCUT2D eigenvalue weighted by atomic mass is 10.1. The largest absolute Gasteiger partial charge is 0.543 e. The minimum atomic E-state index is -1.97. The van der Waals surface area contributed by atoms with E-state index in [4.69, 9.17) is 9.16 Å². The van der Waals surface area contributed by atoms with Crippen molar-refractivity contribution in [1.29, 1.82) is 0 Å². The molecule has 3 rings (SSSR count). The molecule has 33 heavy (non-hydrogen) atoms. The summed E-state index contributed by atoms with van der Waals surface area (Å²) in [6.45, 7) is 15.7. The van der Waals surface area contributed by atoms with Gasteiger partial charge in [-0.3, -0.25) is 4.57 Å². The molecule has 0 saturated heterocycles. The van der Waals surface area contributed by atoms with Gasteiger partial charge in [0, 0.05) is 0 Å². The normalized spacial score (nSPS) is 12.2. The minimum Gasteiger partial charge on any atom is -0.543 e. The van der Waals surface area contributed by atoms with Gasteiger partial charge in [0.15, 0.2) is 0 Å². The van der Waals surface area contributed by atoms with Gasteiger partial charge in [-0.1, -0.05) is 58.4 Å². The molecule has 0 fully saturated rings. The topological polar surface area (TPSA) is 62.5 Å². The minimum absolute atomic E-state index is 0.109. The number of carbonyl (C=O) groups excluding carboxylic acids is 1. The van der Waals surface area contributed by atoms with E-state index >= 15 is 0 Å². The maximum absolute atomic E-state index is 13.2. The third-order valence-electron chi connectivity index (χ3n) is 6.44. The summed E-state index contributed by atoms with van der Waals surface area (Å²) in [4.78, 5) is 25.6. The number of ether oxygens (including phenoxy) is 1. The van der Waals surface area contributed by atoms with Gasteiger partial charge in [0.05, 0.1) is 24.2 Å². The Hall–Kier alpha value is -2.80. The van der Waals surface area contributed by atoms with Crippen LogP contribution in [0.5, 0.6) is 5.75 Å². The first-order chi connectivity index (χ1) is 15.5. The number of para-hydroxylation sites is 2. The van der Waals surface area contributed by atoms with Gasteiger partial charge in [-0.05, 0) is 60.8 Å². The second kappa shape index (κ2) is 9.59. The van der Waals surface area contributed by atoms with Gasteiger partial charge >= 0.3 is 11.8 Å². The highest BCUT2D eigenvalue weighted by Crippen LogP contribution is 2.38. The maximum Gasteiger partial charge on any atom is 0.422 e. The van der Waals surface area contributed by atoms with Crippen molar-refractivity contribution in [2.75, 3.05) is 6.61 Å². The van der Waals surface area contributed by atoms with Crippen LogP contribution in [0, 0.1) is 0 Å². The molecule has 6 nitrogen and oxygen atoms in total. The van der Waals surface area contributed by atoms with Crippen LogP contribution in [0.4, 0.5) is 4.79 Å². The van der Waals surface area contributed by atoms with Gasteiger partial charge in [0.1, 0.15) is 5.75 Å². The number of fused-ring (bicyclic) bond motifs is 1. The second-order valence-corrected chi connectivity index (χ2v) is 14.7. The highest BCUT2D eigenvalue weighted by atomic mass is 28.4. The van der Waals surface area contributed by atoms with E-state index < -0.39 is 20.1 Å². The molecule has 0 saturated carbocycles. The van der Waals surface area contributed by atoms with E-state index in [1.807, 2.05) is 30.3 Å². The quantitative estimate of drug-likeness (QED) is 0.388. The molecule has 0 N–H and O–H groups in total. The molecule has 2 aromatic carbocycles. The fourth-order valence-electron chi connectivity index (χ4n) is 3.63. The van der Waals surface area contributed by atoms with E-state index in [-0.39, 0.29) is 11.6 Å². The molecule has 1 heterocycles. The lowest BCUT2D eigenvalue weighted by molar-refractivity contribution is 0.154. The maximum atomic E-state index is 13.2. The van der Waals surface area contributed by atoms with Crippen molar-refractivity contribution in [2.24, 2.45) is 0 Å². The van der Waals surface area contributed by atoms with Crippen molar-refractivity contribution >= 4 is 25.4 Å². The molecule has 3 aromatic rings. The number of carbonyl (C=O) groups is 1. The van der Waals surface area contributed by atoms with Crippen LogP contribution in [0.25, 0.3) is 11.0 Å². The zero-order valence-electron chi connectivity index (χ0n) is 20.9. The lowest BCUT2D eigenvalue weighted by Gasteiger charge is -2.37. The molecule has 178 valence electrons. The molecule has 1 aromatic heterocycles. The smallest absolute Gasteiger partial charge is 0.422 e. The van der Waals surface area contributed by atoms with Crippen LogP contribution < -0.4 is 10.1 Å². The third kappa shape index (κ3) is 5.08. The molecule has 0 radical (unpaired) electrons.